The lowest BCUT2D eigenvalue weighted by molar-refractivity contribution is 0.0951. The Hall–Kier alpha value is -4.30. The Morgan fingerprint density at radius 3 is 2.26 bits per heavy atom. The summed E-state index contributed by atoms with van der Waals surface area (Å²) in [4.78, 5) is 21.7. The van der Waals surface area contributed by atoms with E-state index >= 15 is 0 Å². The summed E-state index contributed by atoms with van der Waals surface area (Å²) in [6.45, 7) is 0.320. The Labute approximate surface area is 203 Å². The van der Waals surface area contributed by atoms with Crippen molar-refractivity contribution in [3.8, 4) is 5.82 Å². The first-order valence-electron chi connectivity index (χ1n) is 11.0. The van der Waals surface area contributed by atoms with Crippen LogP contribution in [0.3, 0.4) is 0 Å². The van der Waals surface area contributed by atoms with Gasteiger partial charge in [0.1, 0.15) is 12.1 Å². The highest BCUT2D eigenvalue weighted by molar-refractivity contribution is 7.90. The molecule has 5 aromatic rings. The van der Waals surface area contributed by atoms with E-state index in [0.29, 0.717) is 17.7 Å². The highest BCUT2D eigenvalue weighted by Gasteiger charge is 2.15. The normalized spacial score (nSPS) is 11.4. The highest BCUT2D eigenvalue weighted by atomic mass is 32.2. The van der Waals surface area contributed by atoms with Crippen molar-refractivity contribution >= 4 is 26.8 Å². The first kappa shape index (κ1) is 22.5. The summed E-state index contributed by atoms with van der Waals surface area (Å²) in [5, 5.41) is 2.88. The summed E-state index contributed by atoms with van der Waals surface area (Å²) in [6, 6.07) is 26.6. The maximum absolute atomic E-state index is 12.6. The van der Waals surface area contributed by atoms with Crippen LogP contribution in [0, 0.1) is 0 Å². The van der Waals surface area contributed by atoms with Gasteiger partial charge in [-0.1, -0.05) is 48.5 Å². The molecule has 0 bridgehead atoms. The van der Waals surface area contributed by atoms with E-state index in [2.05, 4.69) is 15.3 Å². The van der Waals surface area contributed by atoms with Crippen molar-refractivity contribution < 1.29 is 13.2 Å². The number of nitrogens with zero attached hydrogens (tertiary/aromatic N) is 3. The lowest BCUT2D eigenvalue weighted by Gasteiger charge is -2.08. The van der Waals surface area contributed by atoms with Crippen molar-refractivity contribution in [2.75, 3.05) is 0 Å². The Morgan fingerprint density at radius 1 is 0.800 bits per heavy atom. The van der Waals surface area contributed by atoms with Crippen LogP contribution in [0.4, 0.5) is 0 Å². The third-order valence-corrected chi connectivity index (χ3v) is 7.34. The second-order valence-electron chi connectivity index (χ2n) is 8.08. The molecule has 0 aliphatic carbocycles. The lowest BCUT2D eigenvalue weighted by atomic mass is 10.1. The van der Waals surface area contributed by atoms with Gasteiger partial charge in [-0.25, -0.2) is 18.4 Å². The van der Waals surface area contributed by atoms with E-state index in [-0.39, 0.29) is 16.6 Å². The Kier molecular flexibility index (Phi) is 6.12. The van der Waals surface area contributed by atoms with Crippen molar-refractivity contribution in [2.24, 2.45) is 0 Å². The molecule has 0 saturated carbocycles. The van der Waals surface area contributed by atoms with Gasteiger partial charge >= 0.3 is 0 Å². The van der Waals surface area contributed by atoms with Gasteiger partial charge in [-0.2, -0.15) is 0 Å². The SMILES string of the molecule is O=C(NCc1ccc(-n2cnc3ccccc32)nc1)c1ccc(CS(=O)(=O)c2ccccc2)cc1. The van der Waals surface area contributed by atoms with E-state index in [1.807, 2.05) is 41.0 Å². The molecule has 2 aromatic heterocycles. The number of benzene rings is 3. The summed E-state index contributed by atoms with van der Waals surface area (Å²) in [6.07, 6.45) is 3.46. The predicted molar refractivity (Wildman–Crippen MR) is 134 cm³/mol. The van der Waals surface area contributed by atoms with Crippen molar-refractivity contribution in [3.63, 3.8) is 0 Å². The first-order valence-corrected chi connectivity index (χ1v) is 12.7. The number of hydrogen-bond acceptors (Lipinski definition) is 5. The molecule has 2 heterocycles. The topological polar surface area (TPSA) is 93.9 Å². The number of aromatic nitrogens is 3. The number of amides is 1. The largest absolute Gasteiger partial charge is 0.348 e. The zero-order valence-corrected chi connectivity index (χ0v) is 19.5. The maximum atomic E-state index is 12.6. The molecule has 35 heavy (non-hydrogen) atoms. The number of nitrogens with one attached hydrogen (secondary N) is 1. The van der Waals surface area contributed by atoms with Crippen LogP contribution >= 0.6 is 0 Å². The van der Waals surface area contributed by atoms with Gasteiger partial charge in [-0.05, 0) is 53.6 Å². The second-order valence-corrected chi connectivity index (χ2v) is 10.1. The molecule has 8 heteroatoms. The van der Waals surface area contributed by atoms with Crippen LogP contribution in [0.15, 0.2) is 108 Å². The fourth-order valence-corrected chi connectivity index (χ4v) is 5.14. The first-order chi connectivity index (χ1) is 17.0. The van der Waals surface area contributed by atoms with E-state index in [4.69, 9.17) is 0 Å². The maximum Gasteiger partial charge on any atom is 0.251 e. The number of imidazole rings is 1. The van der Waals surface area contributed by atoms with Crippen molar-refractivity contribution in [1.29, 1.82) is 0 Å². The van der Waals surface area contributed by atoms with Crippen LogP contribution in [0.5, 0.6) is 0 Å². The van der Waals surface area contributed by atoms with Crippen LogP contribution < -0.4 is 5.32 Å². The van der Waals surface area contributed by atoms with Gasteiger partial charge < -0.3 is 5.32 Å². The minimum atomic E-state index is -3.44. The molecular formula is C27H22N4O3S. The Morgan fingerprint density at radius 2 is 1.51 bits per heavy atom. The molecule has 0 saturated heterocycles. The minimum Gasteiger partial charge on any atom is -0.348 e. The molecule has 5 rings (SSSR count). The average molecular weight is 483 g/mol. The summed E-state index contributed by atoms with van der Waals surface area (Å²) < 4.78 is 27.0. The third-order valence-electron chi connectivity index (χ3n) is 5.64. The fourth-order valence-electron chi connectivity index (χ4n) is 3.77. The molecular weight excluding hydrogens is 460 g/mol. The van der Waals surface area contributed by atoms with Gasteiger partial charge in [-0.15, -0.1) is 0 Å². The summed E-state index contributed by atoms with van der Waals surface area (Å²) in [5.41, 5.74) is 3.81. The second kappa shape index (κ2) is 9.52. The Balaban J connectivity index is 1.20. The number of para-hydroxylation sites is 2. The highest BCUT2D eigenvalue weighted by Crippen LogP contribution is 2.18. The van der Waals surface area contributed by atoms with Crippen molar-refractivity contribution in [3.05, 3.63) is 120 Å². The molecule has 0 radical (unpaired) electrons. The van der Waals surface area contributed by atoms with Gasteiger partial charge in [0.2, 0.25) is 0 Å². The summed E-state index contributed by atoms with van der Waals surface area (Å²) >= 11 is 0. The van der Waals surface area contributed by atoms with Gasteiger partial charge in [0.25, 0.3) is 5.91 Å². The number of hydrogen-bond donors (Lipinski definition) is 1. The van der Waals surface area contributed by atoms with E-state index in [1.54, 1.807) is 67.1 Å². The minimum absolute atomic E-state index is 0.122. The number of fused-ring (bicyclic) bond motifs is 1. The predicted octanol–water partition coefficient (Wildman–Crippen LogP) is 4.32. The molecule has 0 atom stereocenters. The number of sulfone groups is 1. The zero-order chi connectivity index (χ0) is 24.3. The number of rotatable bonds is 7. The van der Waals surface area contributed by atoms with E-state index < -0.39 is 9.84 Å². The quantitative estimate of drug-likeness (QED) is 0.373. The molecule has 0 fully saturated rings. The van der Waals surface area contributed by atoms with E-state index in [0.717, 1.165) is 22.4 Å². The molecule has 1 amide bonds. The molecule has 7 nitrogen and oxygen atoms in total. The lowest BCUT2D eigenvalue weighted by Crippen LogP contribution is -2.22. The molecule has 3 aromatic carbocycles. The fraction of sp³-hybridized carbons (Fsp3) is 0.0741. The van der Waals surface area contributed by atoms with Crippen LogP contribution in [0.2, 0.25) is 0 Å². The van der Waals surface area contributed by atoms with E-state index in [1.165, 1.54) is 0 Å². The zero-order valence-electron chi connectivity index (χ0n) is 18.7. The average Bonchev–Trinajstić information content (AvgIpc) is 3.33. The summed E-state index contributed by atoms with van der Waals surface area (Å²) in [5.74, 6) is 0.380. The molecule has 0 spiro atoms. The van der Waals surface area contributed by atoms with Gasteiger partial charge in [0.05, 0.1) is 21.7 Å². The van der Waals surface area contributed by atoms with Gasteiger partial charge in [-0.3, -0.25) is 9.36 Å². The van der Waals surface area contributed by atoms with Crippen LogP contribution in [0.25, 0.3) is 16.9 Å². The van der Waals surface area contributed by atoms with Crippen LogP contribution in [-0.4, -0.2) is 28.9 Å². The molecule has 0 aliphatic rings. The molecule has 174 valence electrons. The monoisotopic (exact) mass is 482 g/mol. The molecule has 1 N–H and O–H groups in total. The van der Waals surface area contributed by atoms with Crippen LogP contribution in [0.1, 0.15) is 21.5 Å². The van der Waals surface area contributed by atoms with Crippen LogP contribution in [-0.2, 0) is 22.1 Å². The Bertz CT molecular complexity index is 1580. The standard InChI is InChI=1S/C27H22N4O3S/c32-27(22-13-10-20(11-14-22)18-35(33,34)23-6-2-1-3-7-23)29-17-21-12-15-26(28-16-21)31-19-30-24-8-4-5-9-25(24)31/h1-16,19H,17-18H2,(H,29,32). The van der Waals surface area contributed by atoms with Gasteiger partial charge in [0.15, 0.2) is 9.84 Å². The van der Waals surface area contributed by atoms with E-state index in [9.17, 15) is 13.2 Å². The smallest absolute Gasteiger partial charge is 0.251 e. The number of carbonyl (C=O) groups excluding carboxylic acids is 1. The molecule has 0 aliphatic heterocycles. The number of pyridine rings is 1. The summed E-state index contributed by atoms with van der Waals surface area (Å²) in [7, 11) is -3.44. The third kappa shape index (κ3) is 4.97. The number of carbonyl (C=O) groups is 1. The van der Waals surface area contributed by atoms with Crippen molar-refractivity contribution in [2.45, 2.75) is 17.2 Å². The molecule has 0 unspecified atom stereocenters. The van der Waals surface area contributed by atoms with Crippen molar-refractivity contribution in [1.82, 2.24) is 19.9 Å². The van der Waals surface area contributed by atoms with Gasteiger partial charge in [0, 0.05) is 18.3 Å².